The van der Waals surface area contributed by atoms with Crippen LogP contribution in [0.2, 0.25) is 0 Å². The number of azo groups is 1. The molecule has 0 radical (unpaired) electrons. The van der Waals surface area contributed by atoms with Crippen molar-refractivity contribution in [2.45, 2.75) is 38.6 Å². The average molecular weight is 409 g/mol. The predicted molar refractivity (Wildman–Crippen MR) is 118 cm³/mol. The number of anilines is 3. The molecule has 1 saturated carbocycles. The maximum absolute atomic E-state index is 11.9. The number of amides is 1. The van der Waals surface area contributed by atoms with Gasteiger partial charge < -0.3 is 21.4 Å². The summed E-state index contributed by atoms with van der Waals surface area (Å²) in [4.78, 5) is 23.0. The van der Waals surface area contributed by atoms with Crippen molar-refractivity contribution < 1.29 is 4.79 Å². The van der Waals surface area contributed by atoms with Crippen LogP contribution in [-0.4, -0.2) is 41.7 Å². The minimum absolute atomic E-state index is 0.222. The lowest BCUT2D eigenvalue weighted by molar-refractivity contribution is 0.100. The molecule has 0 bridgehead atoms. The number of nitrogens with two attached hydrogens (primary N) is 1. The number of nitrogens with zero attached hydrogens (tertiary/aromatic N) is 5. The summed E-state index contributed by atoms with van der Waals surface area (Å²) in [5.74, 6) is 0.876. The van der Waals surface area contributed by atoms with Crippen LogP contribution in [0.5, 0.6) is 0 Å². The van der Waals surface area contributed by atoms with Gasteiger partial charge >= 0.3 is 0 Å². The number of primary amides is 1. The Labute approximate surface area is 176 Å². The van der Waals surface area contributed by atoms with Crippen LogP contribution in [0.25, 0.3) is 0 Å². The normalized spacial score (nSPS) is 18.9. The smallest absolute Gasteiger partial charge is 0.254 e. The Morgan fingerprint density at radius 3 is 2.93 bits per heavy atom. The third kappa shape index (κ3) is 5.16. The van der Waals surface area contributed by atoms with Gasteiger partial charge in [0, 0.05) is 31.2 Å². The molecule has 3 rings (SSSR count). The van der Waals surface area contributed by atoms with E-state index < -0.39 is 5.91 Å². The highest BCUT2D eigenvalue weighted by atomic mass is 16.1. The largest absolute Gasteiger partial charge is 0.365 e. The Balaban J connectivity index is 1.87. The van der Waals surface area contributed by atoms with Crippen LogP contribution in [0.3, 0.4) is 0 Å². The van der Waals surface area contributed by atoms with Crippen LogP contribution in [-0.2, 0) is 0 Å². The standard InChI is InChI=1S/C21H28N8O/c1-14-6-3-4-9-18(14)29(2)21-24-13-17(19(23)30)20(27-21)26-15-7-5-8-16(12-15)28-25-11-10-22/h5,7-8,10,12-14,18,22H,3-4,6,9,11H2,1-2H3,(H2,23,30)(H,24,26,27). The van der Waals surface area contributed by atoms with Gasteiger partial charge in [0.25, 0.3) is 5.91 Å². The van der Waals surface area contributed by atoms with Gasteiger partial charge in [0.05, 0.1) is 12.2 Å². The number of carbonyl (C=O) groups excluding carboxylic acids is 1. The fraction of sp³-hybridized carbons (Fsp3) is 0.429. The minimum atomic E-state index is -0.598. The molecule has 1 heterocycles. The summed E-state index contributed by atoms with van der Waals surface area (Å²) in [5, 5.41) is 18.2. The molecule has 1 aromatic carbocycles. The Morgan fingerprint density at radius 1 is 1.40 bits per heavy atom. The zero-order valence-corrected chi connectivity index (χ0v) is 17.4. The van der Waals surface area contributed by atoms with E-state index in [4.69, 9.17) is 11.1 Å². The molecule has 0 saturated heterocycles. The van der Waals surface area contributed by atoms with E-state index in [1.54, 1.807) is 12.1 Å². The average Bonchev–Trinajstić information content (AvgIpc) is 2.74. The first-order valence-corrected chi connectivity index (χ1v) is 10.1. The Morgan fingerprint density at radius 2 is 2.20 bits per heavy atom. The number of benzene rings is 1. The van der Waals surface area contributed by atoms with Crippen molar-refractivity contribution in [3.8, 4) is 0 Å². The van der Waals surface area contributed by atoms with Crippen LogP contribution in [0.4, 0.5) is 23.1 Å². The third-order valence-electron chi connectivity index (χ3n) is 5.39. The lowest BCUT2D eigenvalue weighted by Crippen LogP contribution is -2.40. The molecular weight excluding hydrogens is 380 g/mol. The van der Waals surface area contributed by atoms with Crippen molar-refractivity contribution in [3.63, 3.8) is 0 Å². The highest BCUT2D eigenvalue weighted by Crippen LogP contribution is 2.30. The molecule has 158 valence electrons. The van der Waals surface area contributed by atoms with E-state index in [9.17, 15) is 4.79 Å². The fourth-order valence-corrected chi connectivity index (χ4v) is 3.78. The summed E-state index contributed by atoms with van der Waals surface area (Å²) in [7, 11) is 2.00. The Kier molecular flexibility index (Phi) is 7.05. The molecule has 2 aromatic rings. The van der Waals surface area contributed by atoms with Gasteiger partial charge in [-0.15, -0.1) is 0 Å². The van der Waals surface area contributed by atoms with Crippen molar-refractivity contribution in [2.24, 2.45) is 21.9 Å². The fourth-order valence-electron chi connectivity index (χ4n) is 3.78. The quantitative estimate of drug-likeness (QED) is 0.447. The second-order valence-corrected chi connectivity index (χ2v) is 7.54. The van der Waals surface area contributed by atoms with Gasteiger partial charge in [-0.3, -0.25) is 4.79 Å². The van der Waals surface area contributed by atoms with E-state index in [0.29, 0.717) is 35.1 Å². The molecule has 1 aliphatic carbocycles. The first kappa shape index (κ1) is 21.4. The zero-order chi connectivity index (χ0) is 21.5. The molecular formula is C21H28N8O. The maximum atomic E-state index is 11.9. The van der Waals surface area contributed by atoms with E-state index in [0.717, 1.165) is 6.42 Å². The molecule has 2 unspecified atom stereocenters. The number of rotatable bonds is 8. The molecule has 4 N–H and O–H groups in total. The molecule has 1 aromatic heterocycles. The molecule has 9 nitrogen and oxygen atoms in total. The molecule has 0 aliphatic heterocycles. The van der Waals surface area contributed by atoms with Crippen LogP contribution in [0.1, 0.15) is 43.0 Å². The van der Waals surface area contributed by atoms with Crippen LogP contribution < -0.4 is 16.0 Å². The van der Waals surface area contributed by atoms with Gasteiger partial charge in [-0.2, -0.15) is 15.2 Å². The van der Waals surface area contributed by atoms with Gasteiger partial charge in [0.15, 0.2) is 0 Å². The summed E-state index contributed by atoms with van der Waals surface area (Å²) >= 11 is 0. The first-order valence-electron chi connectivity index (χ1n) is 10.1. The molecule has 1 fully saturated rings. The molecule has 1 aliphatic rings. The monoisotopic (exact) mass is 408 g/mol. The van der Waals surface area contributed by atoms with Crippen LogP contribution in [0, 0.1) is 11.3 Å². The second-order valence-electron chi connectivity index (χ2n) is 7.54. The van der Waals surface area contributed by atoms with E-state index in [-0.39, 0.29) is 12.1 Å². The van der Waals surface area contributed by atoms with Crippen molar-refractivity contribution in [1.29, 1.82) is 5.41 Å². The van der Waals surface area contributed by atoms with Crippen LogP contribution >= 0.6 is 0 Å². The van der Waals surface area contributed by atoms with E-state index >= 15 is 0 Å². The minimum Gasteiger partial charge on any atom is -0.365 e. The number of aromatic nitrogens is 2. The lowest BCUT2D eigenvalue weighted by Gasteiger charge is -2.36. The second kappa shape index (κ2) is 9.91. The van der Waals surface area contributed by atoms with E-state index in [2.05, 4.69) is 37.3 Å². The Hall–Kier alpha value is -3.36. The summed E-state index contributed by atoms with van der Waals surface area (Å²) in [6.07, 6.45) is 7.40. The molecule has 2 atom stereocenters. The zero-order valence-electron chi connectivity index (χ0n) is 17.4. The van der Waals surface area contributed by atoms with Gasteiger partial charge in [-0.1, -0.05) is 25.8 Å². The third-order valence-corrected chi connectivity index (χ3v) is 5.39. The highest BCUT2D eigenvalue weighted by Gasteiger charge is 2.27. The van der Waals surface area contributed by atoms with Gasteiger partial charge in [-0.05, 0) is 37.0 Å². The molecule has 9 heteroatoms. The van der Waals surface area contributed by atoms with E-state index in [1.807, 2.05) is 19.2 Å². The van der Waals surface area contributed by atoms with E-state index in [1.165, 1.54) is 31.7 Å². The lowest BCUT2D eigenvalue weighted by atomic mass is 9.85. The Bertz CT molecular complexity index is 929. The van der Waals surface area contributed by atoms with Gasteiger partial charge in [-0.25, -0.2) is 4.98 Å². The number of hydrogen-bond acceptors (Lipinski definition) is 8. The van der Waals surface area contributed by atoms with Crippen molar-refractivity contribution in [3.05, 3.63) is 36.0 Å². The number of nitrogens with one attached hydrogen (secondary N) is 2. The van der Waals surface area contributed by atoms with Crippen molar-refractivity contribution in [2.75, 3.05) is 23.8 Å². The summed E-state index contributed by atoms with van der Waals surface area (Å²) in [6, 6.07) is 7.62. The van der Waals surface area contributed by atoms with Gasteiger partial charge in [0.2, 0.25) is 5.95 Å². The van der Waals surface area contributed by atoms with Crippen molar-refractivity contribution in [1.82, 2.24) is 9.97 Å². The molecule has 0 spiro atoms. The first-order chi connectivity index (χ1) is 14.5. The predicted octanol–water partition coefficient (Wildman–Crippen LogP) is 4.07. The molecule has 30 heavy (non-hydrogen) atoms. The van der Waals surface area contributed by atoms with Crippen molar-refractivity contribution >= 4 is 35.3 Å². The summed E-state index contributed by atoms with van der Waals surface area (Å²) in [6.45, 7) is 2.49. The summed E-state index contributed by atoms with van der Waals surface area (Å²) < 4.78 is 0. The SMILES string of the molecule is CC1CCCCC1N(C)c1ncc(C(N)=O)c(Nc2cccc(N=NCC=N)c2)n1. The molecule has 1 amide bonds. The highest BCUT2D eigenvalue weighted by molar-refractivity contribution is 5.98. The number of carbonyl (C=O) groups is 1. The summed E-state index contributed by atoms with van der Waals surface area (Å²) in [5.41, 5.74) is 7.09. The maximum Gasteiger partial charge on any atom is 0.254 e. The number of hydrogen-bond donors (Lipinski definition) is 3. The van der Waals surface area contributed by atoms with Crippen LogP contribution in [0.15, 0.2) is 40.7 Å². The topological polar surface area (TPSA) is 133 Å². The van der Waals surface area contributed by atoms with Gasteiger partial charge in [0.1, 0.15) is 11.4 Å².